The molecule has 1 aromatic carbocycles. The Balaban J connectivity index is 1.50. The summed E-state index contributed by atoms with van der Waals surface area (Å²) in [6.07, 6.45) is -1.15. The molecule has 0 amide bonds. The van der Waals surface area contributed by atoms with E-state index in [4.69, 9.17) is 0 Å². The Labute approximate surface area is 173 Å². The Morgan fingerprint density at radius 2 is 1.97 bits per heavy atom. The molecule has 0 radical (unpaired) electrons. The third kappa shape index (κ3) is 5.20. The molecule has 1 fully saturated rings. The van der Waals surface area contributed by atoms with E-state index in [2.05, 4.69) is 25.5 Å². The Morgan fingerprint density at radius 3 is 2.63 bits per heavy atom. The summed E-state index contributed by atoms with van der Waals surface area (Å²) in [4.78, 5) is 10.2. The molecular weight excluding hydrogens is 395 g/mol. The zero-order valence-corrected chi connectivity index (χ0v) is 17.1. The number of benzene rings is 1. The molecule has 1 aliphatic carbocycles. The third-order valence-corrected chi connectivity index (χ3v) is 5.18. The molecule has 4 rings (SSSR count). The fraction of sp³-hybridized carbons (Fsp3) is 0.524. The average Bonchev–Trinajstić information content (AvgIpc) is 3.44. The summed E-state index contributed by atoms with van der Waals surface area (Å²) in [5.41, 5.74) is 1.50. The van der Waals surface area contributed by atoms with Crippen molar-refractivity contribution >= 4 is 17.5 Å². The van der Waals surface area contributed by atoms with Gasteiger partial charge in [-0.3, -0.25) is 4.90 Å². The second-order valence-electron chi connectivity index (χ2n) is 8.75. The van der Waals surface area contributed by atoms with Crippen LogP contribution in [0.4, 0.5) is 30.6 Å². The van der Waals surface area contributed by atoms with Crippen molar-refractivity contribution in [3.8, 4) is 0 Å². The molecule has 0 atom stereocenters. The number of rotatable bonds is 6. The SMILES string of the molecule is CC(C)(O)CN1CCc2cc(Nc3ncc(C(F)(F)F)c(NC4CC4)n3)ccc2C1. The molecule has 9 heteroatoms. The minimum atomic E-state index is -4.50. The van der Waals surface area contributed by atoms with Gasteiger partial charge in [0.15, 0.2) is 0 Å². The van der Waals surface area contributed by atoms with Gasteiger partial charge in [0, 0.05) is 37.6 Å². The summed E-state index contributed by atoms with van der Waals surface area (Å²) in [6.45, 7) is 5.79. The van der Waals surface area contributed by atoms with Gasteiger partial charge in [0.25, 0.3) is 0 Å². The lowest BCUT2D eigenvalue weighted by Gasteiger charge is -2.33. The number of hydrogen-bond donors (Lipinski definition) is 3. The lowest BCUT2D eigenvalue weighted by molar-refractivity contribution is -0.137. The van der Waals surface area contributed by atoms with Gasteiger partial charge >= 0.3 is 6.18 Å². The van der Waals surface area contributed by atoms with Gasteiger partial charge in [-0.05, 0) is 56.4 Å². The predicted octanol–water partition coefficient (Wildman–Crippen LogP) is 3.94. The molecule has 6 nitrogen and oxygen atoms in total. The highest BCUT2D eigenvalue weighted by atomic mass is 19.4. The number of halogens is 3. The van der Waals surface area contributed by atoms with Gasteiger partial charge in [0.05, 0.1) is 5.60 Å². The van der Waals surface area contributed by atoms with Crippen LogP contribution in [0.3, 0.4) is 0 Å². The molecule has 1 aromatic heterocycles. The fourth-order valence-corrected chi connectivity index (χ4v) is 3.68. The number of alkyl halides is 3. The molecule has 0 unspecified atom stereocenters. The first-order valence-corrected chi connectivity index (χ1v) is 10.1. The van der Waals surface area contributed by atoms with E-state index < -0.39 is 17.3 Å². The Morgan fingerprint density at radius 1 is 1.20 bits per heavy atom. The van der Waals surface area contributed by atoms with E-state index in [1.54, 1.807) is 13.8 Å². The Hall–Kier alpha value is -2.39. The Kier molecular flexibility index (Phi) is 5.36. The molecule has 30 heavy (non-hydrogen) atoms. The van der Waals surface area contributed by atoms with Crippen molar-refractivity contribution in [2.24, 2.45) is 0 Å². The topological polar surface area (TPSA) is 73.3 Å². The maximum absolute atomic E-state index is 13.2. The minimum Gasteiger partial charge on any atom is -0.389 e. The van der Waals surface area contributed by atoms with Crippen LogP contribution in [0.2, 0.25) is 0 Å². The molecule has 162 valence electrons. The fourth-order valence-electron chi connectivity index (χ4n) is 3.68. The van der Waals surface area contributed by atoms with Crippen molar-refractivity contribution in [1.82, 2.24) is 14.9 Å². The normalized spacial score (nSPS) is 17.5. The quantitative estimate of drug-likeness (QED) is 0.656. The lowest BCUT2D eigenvalue weighted by atomic mass is 9.97. The average molecular weight is 421 g/mol. The van der Waals surface area contributed by atoms with Crippen molar-refractivity contribution in [1.29, 1.82) is 0 Å². The van der Waals surface area contributed by atoms with Crippen LogP contribution in [0, 0.1) is 0 Å². The maximum atomic E-state index is 13.2. The highest BCUT2D eigenvalue weighted by molar-refractivity contribution is 5.59. The van der Waals surface area contributed by atoms with E-state index in [0.29, 0.717) is 6.54 Å². The van der Waals surface area contributed by atoms with E-state index in [9.17, 15) is 18.3 Å². The first-order valence-electron chi connectivity index (χ1n) is 10.1. The summed E-state index contributed by atoms with van der Waals surface area (Å²) >= 11 is 0. The number of aromatic nitrogens is 2. The number of nitrogens with one attached hydrogen (secondary N) is 2. The Bertz CT molecular complexity index is 922. The second-order valence-corrected chi connectivity index (χ2v) is 8.75. The molecule has 2 aromatic rings. The van der Waals surface area contributed by atoms with Crippen molar-refractivity contribution < 1.29 is 18.3 Å². The van der Waals surface area contributed by atoms with Gasteiger partial charge in [-0.1, -0.05) is 6.07 Å². The summed E-state index contributed by atoms with van der Waals surface area (Å²) in [5.74, 6) is -0.0479. The van der Waals surface area contributed by atoms with Crippen molar-refractivity contribution in [2.75, 3.05) is 23.7 Å². The molecular formula is C21H26F3N5O. The number of fused-ring (bicyclic) bond motifs is 1. The zero-order valence-electron chi connectivity index (χ0n) is 17.1. The third-order valence-electron chi connectivity index (χ3n) is 5.18. The number of anilines is 3. The van der Waals surface area contributed by atoms with Gasteiger partial charge in [-0.15, -0.1) is 0 Å². The number of aliphatic hydroxyl groups is 1. The van der Waals surface area contributed by atoms with Gasteiger partial charge in [-0.2, -0.15) is 18.2 Å². The van der Waals surface area contributed by atoms with Crippen LogP contribution in [0.1, 0.15) is 43.4 Å². The highest BCUT2D eigenvalue weighted by Crippen LogP contribution is 2.36. The van der Waals surface area contributed by atoms with Gasteiger partial charge in [0.1, 0.15) is 11.4 Å². The monoisotopic (exact) mass is 421 g/mol. The predicted molar refractivity (Wildman–Crippen MR) is 109 cm³/mol. The summed E-state index contributed by atoms with van der Waals surface area (Å²) in [5, 5.41) is 15.9. The van der Waals surface area contributed by atoms with E-state index in [1.165, 1.54) is 11.1 Å². The molecule has 0 bridgehead atoms. The number of β-amino-alcohol motifs (C(OH)–C–C–N with tert-alkyl or cyclic N) is 1. The van der Waals surface area contributed by atoms with E-state index >= 15 is 0 Å². The van der Waals surface area contributed by atoms with Crippen LogP contribution in [-0.2, 0) is 19.1 Å². The van der Waals surface area contributed by atoms with Crippen LogP contribution in [-0.4, -0.2) is 44.7 Å². The largest absolute Gasteiger partial charge is 0.421 e. The number of nitrogens with zero attached hydrogens (tertiary/aromatic N) is 3. The smallest absolute Gasteiger partial charge is 0.389 e. The lowest BCUT2D eigenvalue weighted by Crippen LogP contribution is -2.41. The molecule has 2 heterocycles. The summed E-state index contributed by atoms with van der Waals surface area (Å²) in [6, 6.07) is 5.92. The first kappa shape index (κ1) is 20.9. The van der Waals surface area contributed by atoms with E-state index in [1.807, 2.05) is 18.2 Å². The molecule has 1 saturated carbocycles. The van der Waals surface area contributed by atoms with Gasteiger partial charge < -0.3 is 15.7 Å². The maximum Gasteiger partial charge on any atom is 0.421 e. The van der Waals surface area contributed by atoms with Crippen molar-refractivity contribution in [3.63, 3.8) is 0 Å². The molecule has 1 aliphatic heterocycles. The van der Waals surface area contributed by atoms with Gasteiger partial charge in [-0.25, -0.2) is 4.98 Å². The van der Waals surface area contributed by atoms with Gasteiger partial charge in [0.2, 0.25) is 5.95 Å². The van der Waals surface area contributed by atoms with E-state index in [-0.39, 0.29) is 17.8 Å². The zero-order chi connectivity index (χ0) is 21.5. The van der Waals surface area contributed by atoms with Crippen LogP contribution >= 0.6 is 0 Å². The van der Waals surface area contributed by atoms with Crippen LogP contribution < -0.4 is 10.6 Å². The molecule has 2 aliphatic rings. The highest BCUT2D eigenvalue weighted by Gasteiger charge is 2.37. The van der Waals surface area contributed by atoms with Crippen LogP contribution in [0.25, 0.3) is 0 Å². The minimum absolute atomic E-state index is 0.0458. The van der Waals surface area contributed by atoms with Crippen molar-refractivity contribution in [2.45, 2.75) is 57.5 Å². The first-order chi connectivity index (χ1) is 14.1. The molecule has 0 saturated heterocycles. The summed E-state index contributed by atoms with van der Waals surface area (Å²) in [7, 11) is 0. The van der Waals surface area contributed by atoms with Crippen LogP contribution in [0.5, 0.6) is 0 Å². The van der Waals surface area contributed by atoms with E-state index in [0.717, 1.165) is 44.2 Å². The van der Waals surface area contributed by atoms with Crippen molar-refractivity contribution in [3.05, 3.63) is 41.1 Å². The van der Waals surface area contributed by atoms with Crippen LogP contribution in [0.15, 0.2) is 24.4 Å². The second kappa shape index (κ2) is 7.70. The summed E-state index contributed by atoms with van der Waals surface area (Å²) < 4.78 is 39.7. The molecule has 0 spiro atoms. The number of hydrogen-bond acceptors (Lipinski definition) is 6. The standard InChI is InChI=1S/C21H26F3N5O/c1-20(2,30)12-29-8-7-13-9-16(4-3-14(13)11-29)27-19-25-10-17(21(22,23)24)18(28-19)26-15-5-6-15/h3-4,9-10,15,30H,5-8,11-12H2,1-2H3,(H2,25,26,27,28). The molecule has 3 N–H and O–H groups in total.